The fraction of sp³-hybridized carbons (Fsp3) is 0.222. The van der Waals surface area contributed by atoms with E-state index in [1.807, 2.05) is 6.07 Å². The fourth-order valence-electron chi connectivity index (χ4n) is 0.860. The maximum absolute atomic E-state index is 11.2. The molecule has 0 aliphatic rings. The van der Waals surface area contributed by atoms with Gasteiger partial charge in [0.25, 0.3) is 0 Å². The van der Waals surface area contributed by atoms with Crippen molar-refractivity contribution in [3.8, 4) is 0 Å². The van der Waals surface area contributed by atoms with Gasteiger partial charge in [0, 0.05) is 0 Å². The Kier molecular flexibility index (Phi) is 2.93. The van der Waals surface area contributed by atoms with Crippen LogP contribution in [0.4, 0.5) is 5.69 Å². The monoisotopic (exact) mass is 198 g/mol. The first-order chi connectivity index (χ1) is 6.05. The van der Waals surface area contributed by atoms with Crippen molar-refractivity contribution in [3.05, 3.63) is 36.8 Å². The standard InChI is InChI=1S/C9H12NO2S/c1-3-13(11,12)10-9-7-5-4-6-8(9)2/h4-7,10H,2-3H2,1H3. The normalized spacial score (nSPS) is 11.2. The Balaban J connectivity index is 2.93. The average molecular weight is 198 g/mol. The van der Waals surface area contributed by atoms with E-state index in [4.69, 9.17) is 0 Å². The zero-order valence-corrected chi connectivity index (χ0v) is 8.26. The number of para-hydroxylation sites is 1. The summed E-state index contributed by atoms with van der Waals surface area (Å²) in [5.41, 5.74) is 1.23. The van der Waals surface area contributed by atoms with Crippen LogP contribution in [0.5, 0.6) is 0 Å². The van der Waals surface area contributed by atoms with Gasteiger partial charge in [0.1, 0.15) is 0 Å². The number of benzene rings is 1. The molecule has 13 heavy (non-hydrogen) atoms. The molecule has 0 unspecified atom stereocenters. The summed E-state index contributed by atoms with van der Waals surface area (Å²) in [5.74, 6) is 0.0708. The molecule has 0 aromatic heterocycles. The van der Waals surface area contributed by atoms with Crippen molar-refractivity contribution in [1.29, 1.82) is 0 Å². The number of sulfonamides is 1. The third-order valence-electron chi connectivity index (χ3n) is 1.66. The Morgan fingerprint density at radius 1 is 1.38 bits per heavy atom. The highest BCUT2D eigenvalue weighted by molar-refractivity contribution is 7.92. The van der Waals surface area contributed by atoms with Gasteiger partial charge in [0.05, 0.1) is 11.4 Å². The number of hydrogen-bond donors (Lipinski definition) is 1. The zero-order valence-electron chi connectivity index (χ0n) is 7.45. The molecule has 0 saturated heterocycles. The van der Waals surface area contributed by atoms with Gasteiger partial charge >= 0.3 is 0 Å². The van der Waals surface area contributed by atoms with Gasteiger partial charge in [-0.1, -0.05) is 18.2 Å². The Bertz CT molecular complexity index is 384. The molecule has 0 atom stereocenters. The predicted molar refractivity (Wildman–Crippen MR) is 54.0 cm³/mol. The van der Waals surface area contributed by atoms with E-state index < -0.39 is 10.0 Å². The second-order valence-corrected chi connectivity index (χ2v) is 4.67. The van der Waals surface area contributed by atoms with Crippen molar-refractivity contribution in [2.24, 2.45) is 0 Å². The van der Waals surface area contributed by atoms with Crippen LogP contribution in [0.25, 0.3) is 0 Å². The lowest BCUT2D eigenvalue weighted by atomic mass is 10.2. The van der Waals surface area contributed by atoms with Crippen LogP contribution in [0, 0.1) is 6.92 Å². The maximum atomic E-state index is 11.2. The molecule has 3 nitrogen and oxygen atoms in total. The topological polar surface area (TPSA) is 46.2 Å². The number of rotatable bonds is 3. The molecule has 1 radical (unpaired) electrons. The second-order valence-electron chi connectivity index (χ2n) is 2.66. The van der Waals surface area contributed by atoms with Crippen LogP contribution >= 0.6 is 0 Å². The zero-order chi connectivity index (χ0) is 9.90. The second kappa shape index (κ2) is 3.79. The first-order valence-corrected chi connectivity index (χ1v) is 5.62. The molecule has 71 valence electrons. The van der Waals surface area contributed by atoms with Crippen LogP contribution in [-0.4, -0.2) is 14.2 Å². The van der Waals surface area contributed by atoms with Crippen molar-refractivity contribution < 1.29 is 8.42 Å². The molecule has 0 bridgehead atoms. The average Bonchev–Trinajstić information content (AvgIpc) is 2.09. The highest BCUT2D eigenvalue weighted by atomic mass is 32.2. The smallest absolute Gasteiger partial charge is 0.232 e. The van der Waals surface area contributed by atoms with Gasteiger partial charge in [0.2, 0.25) is 10.0 Å². The van der Waals surface area contributed by atoms with E-state index in [1.165, 1.54) is 0 Å². The van der Waals surface area contributed by atoms with E-state index >= 15 is 0 Å². The van der Waals surface area contributed by atoms with E-state index in [1.54, 1.807) is 25.1 Å². The first-order valence-electron chi connectivity index (χ1n) is 3.96. The lowest BCUT2D eigenvalue weighted by Crippen LogP contribution is -2.15. The van der Waals surface area contributed by atoms with E-state index in [2.05, 4.69) is 11.6 Å². The molecule has 4 heteroatoms. The van der Waals surface area contributed by atoms with Crippen LogP contribution < -0.4 is 4.72 Å². The van der Waals surface area contributed by atoms with Gasteiger partial charge < -0.3 is 0 Å². The predicted octanol–water partition coefficient (Wildman–Crippen LogP) is 1.63. The Hall–Kier alpha value is -1.03. The van der Waals surface area contributed by atoms with Crippen molar-refractivity contribution in [3.63, 3.8) is 0 Å². The lowest BCUT2D eigenvalue weighted by Gasteiger charge is -2.07. The summed E-state index contributed by atoms with van der Waals surface area (Å²) in [4.78, 5) is 0. The third-order valence-corrected chi connectivity index (χ3v) is 2.95. The maximum Gasteiger partial charge on any atom is 0.232 e. The number of hydrogen-bond acceptors (Lipinski definition) is 2. The summed E-state index contributed by atoms with van der Waals surface area (Å²) in [6, 6.07) is 7.03. The summed E-state index contributed by atoms with van der Waals surface area (Å²) in [5, 5.41) is 0. The van der Waals surface area contributed by atoms with Gasteiger partial charge in [-0.2, -0.15) is 0 Å². The molecular formula is C9H12NO2S. The van der Waals surface area contributed by atoms with Gasteiger partial charge in [0.15, 0.2) is 0 Å². The van der Waals surface area contributed by atoms with Crippen LogP contribution in [0.15, 0.2) is 24.3 Å². The summed E-state index contributed by atoms with van der Waals surface area (Å²) < 4.78 is 24.8. The molecular weight excluding hydrogens is 186 g/mol. The van der Waals surface area contributed by atoms with Crippen molar-refractivity contribution >= 4 is 15.7 Å². The molecule has 1 aromatic carbocycles. The van der Waals surface area contributed by atoms with Crippen LogP contribution in [0.2, 0.25) is 0 Å². The van der Waals surface area contributed by atoms with Crippen molar-refractivity contribution in [2.45, 2.75) is 6.92 Å². The molecule has 0 aliphatic heterocycles. The fourth-order valence-corrected chi connectivity index (χ4v) is 1.54. The lowest BCUT2D eigenvalue weighted by molar-refractivity contribution is 0.602. The van der Waals surface area contributed by atoms with Gasteiger partial charge in [-0.25, -0.2) is 8.42 Å². The van der Waals surface area contributed by atoms with Gasteiger partial charge in [-0.3, -0.25) is 4.72 Å². The van der Waals surface area contributed by atoms with Crippen molar-refractivity contribution in [1.82, 2.24) is 0 Å². The van der Waals surface area contributed by atoms with E-state index in [-0.39, 0.29) is 5.75 Å². The summed E-state index contributed by atoms with van der Waals surface area (Å²) >= 11 is 0. The SMILES string of the molecule is [CH2]c1ccccc1NS(=O)(=O)CC. The van der Waals surface area contributed by atoms with Crippen LogP contribution in [0.1, 0.15) is 12.5 Å². The molecule has 0 saturated carbocycles. The molecule has 0 amide bonds. The third kappa shape index (κ3) is 2.73. The highest BCUT2D eigenvalue weighted by Crippen LogP contribution is 2.14. The number of anilines is 1. The molecule has 1 N–H and O–H groups in total. The Morgan fingerprint density at radius 3 is 2.54 bits per heavy atom. The Morgan fingerprint density at radius 2 is 2.00 bits per heavy atom. The summed E-state index contributed by atoms with van der Waals surface area (Å²) in [6.45, 7) is 5.30. The molecule has 1 aromatic rings. The molecule has 0 aliphatic carbocycles. The van der Waals surface area contributed by atoms with Gasteiger partial charge in [-0.15, -0.1) is 0 Å². The molecule has 0 fully saturated rings. The quantitative estimate of drug-likeness (QED) is 0.802. The summed E-state index contributed by atoms with van der Waals surface area (Å²) in [7, 11) is -3.19. The minimum atomic E-state index is -3.19. The van der Waals surface area contributed by atoms with Crippen molar-refractivity contribution in [2.75, 3.05) is 10.5 Å². The van der Waals surface area contributed by atoms with E-state index in [0.29, 0.717) is 11.3 Å². The Labute approximate surface area is 78.8 Å². The molecule has 0 spiro atoms. The van der Waals surface area contributed by atoms with Crippen LogP contribution in [0.3, 0.4) is 0 Å². The first kappa shape index (κ1) is 10.1. The van der Waals surface area contributed by atoms with Crippen LogP contribution in [-0.2, 0) is 10.0 Å². The molecule has 0 heterocycles. The summed E-state index contributed by atoms with van der Waals surface area (Å²) in [6.07, 6.45) is 0. The van der Waals surface area contributed by atoms with E-state index in [0.717, 1.165) is 0 Å². The van der Waals surface area contributed by atoms with E-state index in [9.17, 15) is 8.42 Å². The highest BCUT2D eigenvalue weighted by Gasteiger charge is 2.07. The minimum absolute atomic E-state index is 0.0708. The largest absolute Gasteiger partial charge is 0.283 e. The molecule has 1 rings (SSSR count). The van der Waals surface area contributed by atoms with Gasteiger partial charge in [-0.05, 0) is 25.5 Å². The minimum Gasteiger partial charge on any atom is -0.283 e. The number of nitrogens with one attached hydrogen (secondary N) is 1.